The van der Waals surface area contributed by atoms with E-state index in [4.69, 9.17) is 22.3 Å². The predicted octanol–water partition coefficient (Wildman–Crippen LogP) is 3.96. The molecule has 4 rings (SSSR count). The molecule has 1 aromatic carbocycles. The minimum Gasteiger partial charge on any atom is -0.351 e. The van der Waals surface area contributed by atoms with Gasteiger partial charge in [-0.25, -0.2) is 9.78 Å². The molecule has 0 spiro atoms. The molecule has 1 atom stereocenters. The molecule has 0 fully saturated rings. The first-order valence-corrected chi connectivity index (χ1v) is 11.9. The number of carbonyl (C=O) groups excluding carboxylic acids is 2. The van der Waals surface area contributed by atoms with Crippen LogP contribution >= 0.6 is 34.7 Å². The van der Waals surface area contributed by atoms with E-state index in [0.717, 1.165) is 48.6 Å². The van der Waals surface area contributed by atoms with Crippen LogP contribution in [0.5, 0.6) is 0 Å². The molecule has 10 heteroatoms. The summed E-state index contributed by atoms with van der Waals surface area (Å²) in [5, 5.41) is 2.93. The van der Waals surface area contributed by atoms with Crippen LogP contribution < -0.4 is 16.6 Å². The Kier molecular flexibility index (Phi) is 6.09. The normalized spacial score (nSPS) is 14.3. The molecule has 0 aliphatic heterocycles. The Bertz CT molecular complexity index is 1270. The van der Waals surface area contributed by atoms with Crippen LogP contribution in [0.4, 0.5) is 4.79 Å². The molecule has 2 aromatic heterocycles. The Balaban J connectivity index is 1.90. The van der Waals surface area contributed by atoms with Crippen LogP contribution in [0, 0.1) is 6.92 Å². The third-order valence-corrected chi connectivity index (χ3v) is 7.91. The molecule has 0 bridgehead atoms. The highest BCUT2D eigenvalue weighted by Crippen LogP contribution is 2.36. The molecule has 1 aliphatic carbocycles. The van der Waals surface area contributed by atoms with E-state index >= 15 is 0 Å². The smallest absolute Gasteiger partial charge is 0.318 e. The Morgan fingerprint density at radius 1 is 1.32 bits per heavy atom. The monoisotopic (exact) mass is 476 g/mol. The van der Waals surface area contributed by atoms with Gasteiger partial charge in [-0.05, 0) is 62.8 Å². The van der Waals surface area contributed by atoms with Crippen molar-refractivity contribution in [3.8, 4) is 5.69 Å². The molecular weight excluding hydrogens is 456 g/mol. The molecule has 1 aliphatic rings. The molecule has 0 radical (unpaired) electrons. The maximum Gasteiger partial charge on any atom is 0.318 e. The lowest BCUT2D eigenvalue weighted by Crippen LogP contribution is -2.39. The number of rotatable bonds is 4. The lowest BCUT2D eigenvalue weighted by molar-refractivity contribution is -0.119. The number of aryl methyl sites for hydroxylation is 3. The Hall–Kier alpha value is -2.36. The van der Waals surface area contributed by atoms with Gasteiger partial charge in [0.2, 0.25) is 5.91 Å². The number of nitrogens with one attached hydrogen (secondary N) is 1. The van der Waals surface area contributed by atoms with E-state index in [-0.39, 0.29) is 5.56 Å². The van der Waals surface area contributed by atoms with Crippen LogP contribution in [0.3, 0.4) is 0 Å². The van der Waals surface area contributed by atoms with Crippen molar-refractivity contribution in [3.05, 3.63) is 49.6 Å². The zero-order valence-electron chi connectivity index (χ0n) is 17.0. The van der Waals surface area contributed by atoms with E-state index in [9.17, 15) is 14.4 Å². The number of imide groups is 1. The van der Waals surface area contributed by atoms with Gasteiger partial charge in [-0.3, -0.25) is 19.5 Å². The first kappa shape index (κ1) is 21.9. The Morgan fingerprint density at radius 2 is 2.06 bits per heavy atom. The molecular formula is C21H21ClN4O3S2. The summed E-state index contributed by atoms with van der Waals surface area (Å²) in [6, 6.07) is 4.46. The average molecular weight is 477 g/mol. The van der Waals surface area contributed by atoms with Gasteiger partial charge in [0.1, 0.15) is 4.83 Å². The van der Waals surface area contributed by atoms with Crippen LogP contribution in [-0.4, -0.2) is 26.7 Å². The lowest BCUT2D eigenvalue weighted by atomic mass is 9.97. The second-order valence-corrected chi connectivity index (χ2v) is 10.3. The number of nitrogens with two attached hydrogens (primary N) is 1. The number of amides is 3. The van der Waals surface area contributed by atoms with Crippen molar-refractivity contribution in [1.82, 2.24) is 14.9 Å². The summed E-state index contributed by atoms with van der Waals surface area (Å²) in [7, 11) is 0. The molecule has 31 heavy (non-hydrogen) atoms. The summed E-state index contributed by atoms with van der Waals surface area (Å²) < 4.78 is 1.51. The summed E-state index contributed by atoms with van der Waals surface area (Å²) in [6.45, 7) is 3.52. The van der Waals surface area contributed by atoms with Crippen molar-refractivity contribution in [2.75, 3.05) is 0 Å². The number of hydrogen-bond acceptors (Lipinski definition) is 6. The largest absolute Gasteiger partial charge is 0.351 e. The average Bonchev–Trinajstić information content (AvgIpc) is 3.08. The number of benzene rings is 1. The predicted molar refractivity (Wildman–Crippen MR) is 125 cm³/mol. The summed E-state index contributed by atoms with van der Waals surface area (Å²) in [4.78, 5) is 43.7. The van der Waals surface area contributed by atoms with Gasteiger partial charge in [0.05, 0.1) is 16.3 Å². The number of carbonyl (C=O) groups is 2. The van der Waals surface area contributed by atoms with E-state index < -0.39 is 17.2 Å². The number of halogens is 1. The van der Waals surface area contributed by atoms with Crippen molar-refractivity contribution >= 4 is 56.9 Å². The van der Waals surface area contributed by atoms with Crippen LogP contribution in [0.15, 0.2) is 28.2 Å². The van der Waals surface area contributed by atoms with Gasteiger partial charge in [0.15, 0.2) is 5.16 Å². The van der Waals surface area contributed by atoms with Gasteiger partial charge >= 0.3 is 6.03 Å². The van der Waals surface area contributed by atoms with Crippen molar-refractivity contribution in [2.45, 2.75) is 49.9 Å². The topological polar surface area (TPSA) is 107 Å². The summed E-state index contributed by atoms with van der Waals surface area (Å²) in [5.41, 5.74) is 7.46. The summed E-state index contributed by atoms with van der Waals surface area (Å²) in [5.74, 6) is -0.550. The Morgan fingerprint density at radius 3 is 2.77 bits per heavy atom. The number of primary amides is 1. The fourth-order valence-electron chi connectivity index (χ4n) is 3.65. The zero-order chi connectivity index (χ0) is 22.3. The quantitative estimate of drug-likeness (QED) is 0.437. The van der Waals surface area contributed by atoms with Crippen molar-refractivity contribution in [1.29, 1.82) is 0 Å². The third-order valence-electron chi connectivity index (χ3n) is 5.27. The second kappa shape index (κ2) is 8.64. The number of thiophene rings is 1. The van der Waals surface area contributed by atoms with Crippen molar-refractivity contribution in [2.24, 2.45) is 5.73 Å². The number of urea groups is 1. The molecule has 3 amide bonds. The lowest BCUT2D eigenvalue weighted by Gasteiger charge is -2.16. The van der Waals surface area contributed by atoms with Gasteiger partial charge < -0.3 is 5.73 Å². The number of fused-ring (bicyclic) bond motifs is 3. The molecule has 7 nitrogen and oxygen atoms in total. The molecule has 162 valence electrons. The number of aromatic nitrogens is 2. The highest BCUT2D eigenvalue weighted by molar-refractivity contribution is 8.00. The van der Waals surface area contributed by atoms with E-state index in [0.29, 0.717) is 26.1 Å². The SMILES string of the molecule is Cc1ccc(-n2c(S[C@H](C)C(=O)NC(N)=O)nc3sc4c(c3c2=O)CCCC4)cc1Cl. The zero-order valence-corrected chi connectivity index (χ0v) is 19.4. The minimum atomic E-state index is -0.922. The summed E-state index contributed by atoms with van der Waals surface area (Å²) >= 11 is 8.98. The summed E-state index contributed by atoms with van der Waals surface area (Å²) in [6.07, 6.45) is 3.97. The maximum absolute atomic E-state index is 13.7. The number of hydrogen-bond donors (Lipinski definition) is 2. The molecule has 0 saturated carbocycles. The molecule has 0 saturated heterocycles. The molecule has 2 heterocycles. The standard InChI is InChI=1S/C21H21ClN4O3S2/c1-10-7-8-12(9-14(10)22)26-19(28)16-13-5-3-4-6-15(13)31-18(16)25-21(26)30-11(2)17(27)24-20(23)29/h7-9,11H,3-6H2,1-2H3,(H3,23,24,27,29)/t11-/m1/s1. The van der Waals surface area contributed by atoms with Gasteiger partial charge in [0, 0.05) is 9.90 Å². The van der Waals surface area contributed by atoms with Crippen LogP contribution in [0.1, 0.15) is 35.8 Å². The van der Waals surface area contributed by atoms with Gasteiger partial charge in [0.25, 0.3) is 5.56 Å². The van der Waals surface area contributed by atoms with Crippen molar-refractivity contribution in [3.63, 3.8) is 0 Å². The van der Waals surface area contributed by atoms with Gasteiger partial charge in [-0.2, -0.15) is 0 Å². The fourth-order valence-corrected chi connectivity index (χ4v) is 6.05. The fraction of sp³-hybridized carbons (Fsp3) is 0.333. The third kappa shape index (κ3) is 4.22. The van der Waals surface area contributed by atoms with Crippen LogP contribution in [0.2, 0.25) is 5.02 Å². The highest BCUT2D eigenvalue weighted by atomic mass is 35.5. The van der Waals surface area contributed by atoms with Crippen molar-refractivity contribution < 1.29 is 9.59 Å². The second-order valence-electron chi connectivity index (χ2n) is 7.47. The molecule has 0 unspecified atom stereocenters. The first-order valence-electron chi connectivity index (χ1n) is 9.87. The van der Waals surface area contributed by atoms with E-state index in [1.54, 1.807) is 24.3 Å². The maximum atomic E-state index is 13.7. The number of thioether (sulfide) groups is 1. The van der Waals surface area contributed by atoms with Crippen LogP contribution in [0.25, 0.3) is 15.9 Å². The van der Waals surface area contributed by atoms with E-state index in [1.807, 2.05) is 19.1 Å². The van der Waals surface area contributed by atoms with Crippen LogP contribution in [-0.2, 0) is 17.6 Å². The number of nitrogens with zero attached hydrogens (tertiary/aromatic N) is 2. The highest BCUT2D eigenvalue weighted by Gasteiger charge is 2.25. The van der Waals surface area contributed by atoms with E-state index in [1.165, 1.54) is 9.44 Å². The Labute approximate surface area is 192 Å². The first-order chi connectivity index (χ1) is 14.8. The molecule has 3 N–H and O–H groups in total. The van der Waals surface area contributed by atoms with E-state index in [2.05, 4.69) is 5.32 Å². The minimum absolute atomic E-state index is 0.172. The molecule has 3 aromatic rings. The van der Waals surface area contributed by atoms with Gasteiger partial charge in [-0.1, -0.05) is 29.4 Å². The van der Waals surface area contributed by atoms with Gasteiger partial charge in [-0.15, -0.1) is 11.3 Å².